The molecule has 2 N–H and O–H groups in total. The van der Waals surface area contributed by atoms with Crippen molar-refractivity contribution in [2.45, 2.75) is 43.3 Å². The number of carbonyl (C=O) groups excluding carboxylic acids is 1. The van der Waals surface area contributed by atoms with Gasteiger partial charge in [-0.05, 0) is 36.5 Å². The highest BCUT2D eigenvalue weighted by Crippen LogP contribution is 2.37. The number of carboxylic acids is 1. The number of rotatable bonds is 7. The van der Waals surface area contributed by atoms with Crippen molar-refractivity contribution in [1.29, 1.82) is 0 Å². The standard InChI is InChI=1S/C20H23NO4S/c1-20(9-4-5-10-20)13-21-18(22)15-6-2-3-7-17(15)26-12-16-14(19(23)24)8-11-25-16/h2-3,6-8,11H,4-5,9-10,12-13H2,1H3,(H,21,22)(H,23,24). The van der Waals surface area contributed by atoms with Gasteiger partial charge in [0, 0.05) is 11.4 Å². The Balaban J connectivity index is 1.66. The van der Waals surface area contributed by atoms with Crippen LogP contribution in [0.1, 0.15) is 59.1 Å². The number of nitrogens with one attached hydrogen (secondary N) is 1. The number of hydrogen-bond donors (Lipinski definition) is 2. The summed E-state index contributed by atoms with van der Waals surface area (Å²) in [5.41, 5.74) is 0.971. The van der Waals surface area contributed by atoms with E-state index >= 15 is 0 Å². The van der Waals surface area contributed by atoms with E-state index in [1.807, 2.05) is 18.2 Å². The lowest BCUT2D eigenvalue weighted by Crippen LogP contribution is -2.34. The molecule has 0 unspecified atom stereocenters. The quantitative estimate of drug-likeness (QED) is 0.695. The minimum atomic E-state index is -1.01. The molecular formula is C20H23NO4S. The van der Waals surface area contributed by atoms with Gasteiger partial charge in [0.25, 0.3) is 5.91 Å². The van der Waals surface area contributed by atoms with Gasteiger partial charge in [0.1, 0.15) is 11.3 Å². The molecule has 1 amide bonds. The van der Waals surface area contributed by atoms with Crippen LogP contribution < -0.4 is 5.32 Å². The van der Waals surface area contributed by atoms with Gasteiger partial charge in [-0.3, -0.25) is 4.79 Å². The van der Waals surface area contributed by atoms with Crippen molar-refractivity contribution < 1.29 is 19.1 Å². The third-order valence-electron chi connectivity index (χ3n) is 4.95. The zero-order valence-corrected chi connectivity index (χ0v) is 15.6. The van der Waals surface area contributed by atoms with Crippen LogP contribution in [0.5, 0.6) is 0 Å². The second kappa shape index (κ2) is 7.99. The Hall–Kier alpha value is -2.21. The normalized spacial score (nSPS) is 15.7. The van der Waals surface area contributed by atoms with Crippen LogP contribution in [0.4, 0.5) is 0 Å². The Labute approximate surface area is 157 Å². The summed E-state index contributed by atoms with van der Waals surface area (Å²) >= 11 is 1.40. The lowest BCUT2D eigenvalue weighted by molar-refractivity contribution is 0.0694. The summed E-state index contributed by atoms with van der Waals surface area (Å²) in [6, 6.07) is 8.83. The lowest BCUT2D eigenvalue weighted by Gasteiger charge is -2.24. The fraction of sp³-hybridized carbons (Fsp3) is 0.400. The summed E-state index contributed by atoms with van der Waals surface area (Å²) in [6.07, 6.45) is 6.14. The minimum Gasteiger partial charge on any atom is -0.478 e. The van der Waals surface area contributed by atoms with Crippen LogP contribution in [0.25, 0.3) is 0 Å². The molecule has 0 bridgehead atoms. The Bertz CT molecular complexity index is 793. The molecule has 1 fully saturated rings. The van der Waals surface area contributed by atoms with Crippen molar-refractivity contribution >= 4 is 23.6 Å². The zero-order chi connectivity index (χ0) is 18.6. The number of thioether (sulfide) groups is 1. The molecular weight excluding hydrogens is 350 g/mol. The Morgan fingerprint density at radius 2 is 1.92 bits per heavy atom. The van der Waals surface area contributed by atoms with Crippen LogP contribution in [0, 0.1) is 5.41 Å². The second-order valence-electron chi connectivity index (χ2n) is 7.05. The first-order valence-corrected chi connectivity index (χ1v) is 9.77. The number of benzene rings is 1. The largest absolute Gasteiger partial charge is 0.478 e. The number of aromatic carboxylic acids is 1. The maximum absolute atomic E-state index is 12.7. The van der Waals surface area contributed by atoms with E-state index in [4.69, 9.17) is 9.52 Å². The van der Waals surface area contributed by atoms with Crippen molar-refractivity contribution in [3.63, 3.8) is 0 Å². The molecule has 0 radical (unpaired) electrons. The molecule has 138 valence electrons. The van der Waals surface area contributed by atoms with Gasteiger partial charge in [-0.25, -0.2) is 4.79 Å². The van der Waals surface area contributed by atoms with Gasteiger partial charge in [0.05, 0.1) is 17.6 Å². The zero-order valence-electron chi connectivity index (χ0n) is 14.8. The second-order valence-corrected chi connectivity index (χ2v) is 8.07. The molecule has 26 heavy (non-hydrogen) atoms. The Morgan fingerprint density at radius 1 is 1.19 bits per heavy atom. The van der Waals surface area contributed by atoms with Gasteiger partial charge < -0.3 is 14.8 Å². The number of carboxylic acid groups (broad SMARTS) is 1. The first-order chi connectivity index (χ1) is 12.5. The van der Waals surface area contributed by atoms with Gasteiger partial charge in [0.15, 0.2) is 0 Å². The average molecular weight is 373 g/mol. The van der Waals surface area contributed by atoms with Crippen molar-refractivity contribution in [3.8, 4) is 0 Å². The summed E-state index contributed by atoms with van der Waals surface area (Å²) in [5.74, 6) is -0.336. The SMILES string of the molecule is CC1(CNC(=O)c2ccccc2SCc2occc2C(=O)O)CCCC1. The number of amides is 1. The monoisotopic (exact) mass is 373 g/mol. The van der Waals surface area contributed by atoms with Crippen LogP contribution in [-0.2, 0) is 5.75 Å². The Morgan fingerprint density at radius 3 is 2.65 bits per heavy atom. The predicted octanol–water partition coefficient (Wildman–Crippen LogP) is 4.58. The van der Waals surface area contributed by atoms with Crippen molar-refractivity contribution in [2.24, 2.45) is 5.41 Å². The van der Waals surface area contributed by atoms with Crippen LogP contribution >= 0.6 is 11.8 Å². The van der Waals surface area contributed by atoms with E-state index < -0.39 is 5.97 Å². The fourth-order valence-corrected chi connectivity index (χ4v) is 4.36. The smallest absolute Gasteiger partial charge is 0.339 e. The summed E-state index contributed by atoms with van der Waals surface area (Å²) in [7, 11) is 0. The maximum atomic E-state index is 12.7. The summed E-state index contributed by atoms with van der Waals surface area (Å²) in [5, 5.41) is 12.2. The highest BCUT2D eigenvalue weighted by atomic mass is 32.2. The van der Waals surface area contributed by atoms with Gasteiger partial charge in [0.2, 0.25) is 0 Å². The molecule has 2 aromatic rings. The first kappa shape index (κ1) is 18.6. The molecule has 0 saturated heterocycles. The topological polar surface area (TPSA) is 79.5 Å². The molecule has 1 aliphatic rings. The molecule has 1 saturated carbocycles. The van der Waals surface area contributed by atoms with E-state index in [0.717, 1.165) is 17.7 Å². The number of carbonyl (C=O) groups is 2. The highest BCUT2D eigenvalue weighted by Gasteiger charge is 2.29. The molecule has 3 rings (SSSR count). The average Bonchev–Trinajstić information content (AvgIpc) is 3.27. The molecule has 1 aromatic heterocycles. The van der Waals surface area contributed by atoms with Crippen LogP contribution in [0.15, 0.2) is 45.9 Å². The summed E-state index contributed by atoms with van der Waals surface area (Å²) in [4.78, 5) is 24.7. The molecule has 1 heterocycles. The highest BCUT2D eigenvalue weighted by molar-refractivity contribution is 7.98. The van der Waals surface area contributed by atoms with E-state index in [1.54, 1.807) is 6.07 Å². The lowest BCUT2D eigenvalue weighted by atomic mass is 9.89. The number of furan rings is 1. The first-order valence-electron chi connectivity index (χ1n) is 8.78. The van der Waals surface area contributed by atoms with Crippen LogP contribution in [0.2, 0.25) is 0 Å². The van der Waals surface area contributed by atoms with Crippen LogP contribution in [0.3, 0.4) is 0 Å². The predicted molar refractivity (Wildman–Crippen MR) is 101 cm³/mol. The fourth-order valence-electron chi connectivity index (χ4n) is 3.36. The summed E-state index contributed by atoms with van der Waals surface area (Å²) in [6.45, 7) is 2.91. The van der Waals surface area contributed by atoms with E-state index in [-0.39, 0.29) is 16.9 Å². The molecule has 1 aromatic carbocycles. The van der Waals surface area contributed by atoms with Gasteiger partial charge >= 0.3 is 5.97 Å². The van der Waals surface area contributed by atoms with Crippen molar-refractivity contribution in [2.75, 3.05) is 6.54 Å². The molecule has 0 aliphatic heterocycles. The molecule has 0 atom stereocenters. The van der Waals surface area contributed by atoms with Crippen molar-refractivity contribution in [3.05, 3.63) is 53.5 Å². The van der Waals surface area contributed by atoms with E-state index in [1.165, 1.54) is 36.9 Å². The van der Waals surface area contributed by atoms with Gasteiger partial charge in [-0.15, -0.1) is 11.8 Å². The maximum Gasteiger partial charge on any atom is 0.339 e. The molecule has 1 aliphatic carbocycles. The number of hydrogen-bond acceptors (Lipinski definition) is 4. The summed E-state index contributed by atoms with van der Waals surface area (Å²) < 4.78 is 5.27. The Kier molecular flexibility index (Phi) is 5.71. The van der Waals surface area contributed by atoms with Gasteiger partial charge in [-0.2, -0.15) is 0 Å². The van der Waals surface area contributed by atoms with E-state index in [2.05, 4.69) is 12.2 Å². The molecule has 0 spiro atoms. The molecule has 5 nitrogen and oxygen atoms in total. The third-order valence-corrected chi connectivity index (χ3v) is 6.03. The van der Waals surface area contributed by atoms with E-state index in [0.29, 0.717) is 23.6 Å². The van der Waals surface area contributed by atoms with Crippen molar-refractivity contribution in [1.82, 2.24) is 5.32 Å². The van der Waals surface area contributed by atoms with Crippen LogP contribution in [-0.4, -0.2) is 23.5 Å². The third kappa shape index (κ3) is 4.30. The van der Waals surface area contributed by atoms with E-state index in [9.17, 15) is 9.59 Å². The van der Waals surface area contributed by atoms with Gasteiger partial charge in [-0.1, -0.05) is 31.9 Å². The molecule has 6 heteroatoms. The minimum absolute atomic E-state index is 0.0841.